The number of aromatic nitrogens is 1. The molecular formula is C16H17BrClN3. The number of nitrogens with zero attached hydrogens (tertiary/aromatic N) is 2. The topological polar surface area (TPSA) is 28.2 Å². The number of halogens is 2. The molecule has 0 bridgehead atoms. The van der Waals surface area contributed by atoms with E-state index < -0.39 is 0 Å². The Bertz CT molecular complexity index is 660. The zero-order chi connectivity index (χ0) is 14.8. The molecule has 0 radical (unpaired) electrons. The summed E-state index contributed by atoms with van der Waals surface area (Å²) in [4.78, 5) is 6.45. The minimum absolute atomic E-state index is 0.496. The number of pyridine rings is 1. The molecule has 0 aliphatic carbocycles. The summed E-state index contributed by atoms with van der Waals surface area (Å²) in [5.41, 5.74) is 4.90. The second-order valence-electron chi connectivity index (χ2n) is 5.33. The number of anilines is 2. The fourth-order valence-electron chi connectivity index (χ4n) is 2.69. The smallest absolute Gasteiger partial charge is 0.152 e. The SMILES string of the molecule is CN1CCCc2cc(CNc3cc(Br)cnc3Cl)ccc21. The second kappa shape index (κ2) is 6.24. The molecule has 3 nitrogen and oxygen atoms in total. The predicted molar refractivity (Wildman–Crippen MR) is 92.3 cm³/mol. The van der Waals surface area contributed by atoms with Gasteiger partial charge in [0.05, 0.1) is 5.69 Å². The third-order valence-corrected chi connectivity index (χ3v) is 4.52. The van der Waals surface area contributed by atoms with Crippen molar-refractivity contribution in [3.05, 3.63) is 51.2 Å². The molecular weight excluding hydrogens is 350 g/mol. The summed E-state index contributed by atoms with van der Waals surface area (Å²) in [6.07, 6.45) is 4.08. The number of benzene rings is 1. The van der Waals surface area contributed by atoms with E-state index in [-0.39, 0.29) is 0 Å². The van der Waals surface area contributed by atoms with Gasteiger partial charge < -0.3 is 10.2 Å². The molecule has 3 rings (SSSR count). The largest absolute Gasteiger partial charge is 0.378 e. The van der Waals surface area contributed by atoms with Gasteiger partial charge >= 0.3 is 0 Å². The van der Waals surface area contributed by atoms with Crippen LogP contribution in [-0.2, 0) is 13.0 Å². The van der Waals surface area contributed by atoms with E-state index in [1.807, 2.05) is 6.07 Å². The molecule has 1 N–H and O–H groups in total. The summed E-state index contributed by atoms with van der Waals surface area (Å²) in [5, 5.41) is 3.85. The normalized spacial score (nSPS) is 14.0. The van der Waals surface area contributed by atoms with Gasteiger partial charge in [0, 0.05) is 36.5 Å². The van der Waals surface area contributed by atoms with E-state index in [4.69, 9.17) is 11.6 Å². The lowest BCUT2D eigenvalue weighted by molar-refractivity contribution is 0.743. The van der Waals surface area contributed by atoms with Crippen LogP contribution in [0.4, 0.5) is 11.4 Å². The highest BCUT2D eigenvalue weighted by atomic mass is 79.9. The number of fused-ring (bicyclic) bond motifs is 1. The molecule has 2 aromatic rings. The van der Waals surface area contributed by atoms with Crippen LogP contribution in [-0.4, -0.2) is 18.6 Å². The molecule has 0 amide bonds. The standard InChI is InChI=1S/C16H17BrClN3/c1-21-6-2-3-12-7-11(4-5-15(12)21)9-19-14-8-13(17)10-20-16(14)18/h4-5,7-8,10,19H,2-3,6,9H2,1H3. The maximum Gasteiger partial charge on any atom is 0.152 e. The first-order valence-electron chi connectivity index (χ1n) is 7.01. The van der Waals surface area contributed by atoms with Crippen molar-refractivity contribution in [1.29, 1.82) is 0 Å². The van der Waals surface area contributed by atoms with Crippen LogP contribution in [0.3, 0.4) is 0 Å². The molecule has 0 saturated heterocycles. The highest BCUT2D eigenvalue weighted by Gasteiger charge is 2.13. The van der Waals surface area contributed by atoms with Gasteiger partial charge in [-0.05, 0) is 52.0 Å². The van der Waals surface area contributed by atoms with Gasteiger partial charge in [0.25, 0.3) is 0 Å². The van der Waals surface area contributed by atoms with Crippen molar-refractivity contribution in [2.45, 2.75) is 19.4 Å². The quantitative estimate of drug-likeness (QED) is 0.811. The van der Waals surface area contributed by atoms with Crippen LogP contribution in [0.25, 0.3) is 0 Å². The van der Waals surface area contributed by atoms with Crippen LogP contribution in [0.1, 0.15) is 17.5 Å². The molecule has 0 fully saturated rings. The molecule has 110 valence electrons. The van der Waals surface area contributed by atoms with Gasteiger partial charge in [-0.3, -0.25) is 0 Å². The maximum absolute atomic E-state index is 6.10. The summed E-state index contributed by atoms with van der Waals surface area (Å²) in [6, 6.07) is 8.62. The van der Waals surface area contributed by atoms with Crippen molar-refractivity contribution in [2.75, 3.05) is 23.8 Å². The van der Waals surface area contributed by atoms with Gasteiger partial charge in [0.1, 0.15) is 0 Å². The molecule has 1 aliphatic heterocycles. The lowest BCUT2D eigenvalue weighted by Gasteiger charge is -2.27. The fourth-order valence-corrected chi connectivity index (χ4v) is 3.19. The number of hydrogen-bond acceptors (Lipinski definition) is 3. The van der Waals surface area contributed by atoms with Crippen LogP contribution >= 0.6 is 27.5 Å². The molecule has 2 heterocycles. The number of rotatable bonds is 3. The first kappa shape index (κ1) is 14.7. The van der Waals surface area contributed by atoms with Gasteiger partial charge in [-0.2, -0.15) is 0 Å². The van der Waals surface area contributed by atoms with Gasteiger partial charge in [-0.15, -0.1) is 0 Å². The molecule has 1 aliphatic rings. The molecule has 5 heteroatoms. The van der Waals surface area contributed by atoms with Gasteiger partial charge in [-0.1, -0.05) is 23.7 Å². The Morgan fingerprint density at radius 1 is 1.38 bits per heavy atom. The van der Waals surface area contributed by atoms with Crippen molar-refractivity contribution in [2.24, 2.45) is 0 Å². The van der Waals surface area contributed by atoms with E-state index in [9.17, 15) is 0 Å². The molecule has 0 saturated carbocycles. The first-order valence-corrected chi connectivity index (χ1v) is 8.18. The lowest BCUT2D eigenvalue weighted by Crippen LogP contribution is -2.24. The monoisotopic (exact) mass is 365 g/mol. The van der Waals surface area contributed by atoms with Gasteiger partial charge in [-0.25, -0.2) is 4.98 Å². The molecule has 1 aromatic heterocycles. The summed E-state index contributed by atoms with van der Waals surface area (Å²) in [5.74, 6) is 0. The Labute approximate surface area is 138 Å². The van der Waals surface area contributed by atoms with E-state index >= 15 is 0 Å². The van der Waals surface area contributed by atoms with Gasteiger partial charge in [0.15, 0.2) is 5.15 Å². The van der Waals surface area contributed by atoms with Crippen molar-refractivity contribution in [3.63, 3.8) is 0 Å². The third-order valence-electron chi connectivity index (χ3n) is 3.78. The van der Waals surface area contributed by atoms with E-state index in [0.29, 0.717) is 5.15 Å². The second-order valence-corrected chi connectivity index (χ2v) is 6.61. The zero-order valence-electron chi connectivity index (χ0n) is 11.9. The van der Waals surface area contributed by atoms with Crippen molar-refractivity contribution in [1.82, 2.24) is 4.98 Å². The Morgan fingerprint density at radius 2 is 2.24 bits per heavy atom. The van der Waals surface area contributed by atoms with Crippen molar-refractivity contribution < 1.29 is 0 Å². The van der Waals surface area contributed by atoms with E-state index in [1.54, 1.807) is 6.20 Å². The first-order chi connectivity index (χ1) is 10.1. The average molecular weight is 367 g/mol. The zero-order valence-corrected chi connectivity index (χ0v) is 14.2. The van der Waals surface area contributed by atoms with Crippen LogP contribution in [0, 0.1) is 0 Å². The van der Waals surface area contributed by atoms with Crippen molar-refractivity contribution >= 4 is 38.9 Å². The van der Waals surface area contributed by atoms with Gasteiger partial charge in [0.2, 0.25) is 0 Å². The molecule has 0 unspecified atom stereocenters. The number of hydrogen-bond donors (Lipinski definition) is 1. The van der Waals surface area contributed by atoms with E-state index in [0.717, 1.165) is 29.7 Å². The summed E-state index contributed by atoms with van der Waals surface area (Å²) in [7, 11) is 2.16. The maximum atomic E-state index is 6.10. The minimum Gasteiger partial charge on any atom is -0.378 e. The lowest BCUT2D eigenvalue weighted by atomic mass is 9.99. The van der Waals surface area contributed by atoms with E-state index in [1.165, 1.54) is 23.2 Å². The highest BCUT2D eigenvalue weighted by Crippen LogP contribution is 2.28. The predicted octanol–water partition coefficient (Wildman–Crippen LogP) is 4.49. The fraction of sp³-hybridized carbons (Fsp3) is 0.312. The van der Waals surface area contributed by atoms with E-state index in [2.05, 4.69) is 56.4 Å². The number of aryl methyl sites for hydroxylation is 1. The van der Waals surface area contributed by atoms with Crippen LogP contribution < -0.4 is 10.2 Å². The molecule has 0 atom stereocenters. The minimum atomic E-state index is 0.496. The Hall–Kier alpha value is -1.26. The molecule has 21 heavy (non-hydrogen) atoms. The third kappa shape index (κ3) is 3.33. The van der Waals surface area contributed by atoms with Crippen molar-refractivity contribution in [3.8, 4) is 0 Å². The molecule has 1 aromatic carbocycles. The Morgan fingerprint density at radius 3 is 3.10 bits per heavy atom. The van der Waals surface area contributed by atoms with Crippen LogP contribution in [0.15, 0.2) is 34.9 Å². The summed E-state index contributed by atoms with van der Waals surface area (Å²) in [6.45, 7) is 1.89. The summed E-state index contributed by atoms with van der Waals surface area (Å²) >= 11 is 9.51. The average Bonchev–Trinajstić information content (AvgIpc) is 2.48. The highest BCUT2D eigenvalue weighted by molar-refractivity contribution is 9.10. The number of nitrogens with one attached hydrogen (secondary N) is 1. The molecule has 0 spiro atoms. The Kier molecular flexibility index (Phi) is 4.36. The Balaban J connectivity index is 1.75. The summed E-state index contributed by atoms with van der Waals surface area (Å²) < 4.78 is 0.918. The van der Waals surface area contributed by atoms with Crippen LogP contribution in [0.5, 0.6) is 0 Å². The van der Waals surface area contributed by atoms with Crippen LogP contribution in [0.2, 0.25) is 5.15 Å².